The number of H-pyrrole nitrogens is 6. The molecule has 0 radical (unpaired) electrons. The fraction of sp³-hybridized carbons (Fsp3) is 0.245. The van der Waals surface area contributed by atoms with Gasteiger partial charge in [0.2, 0.25) is 11.8 Å². The number of aromatic nitrogens is 16. The van der Waals surface area contributed by atoms with Crippen molar-refractivity contribution in [2.45, 2.75) is 45.1 Å². The predicted molar refractivity (Wildman–Crippen MR) is 568 cm³/mol. The van der Waals surface area contributed by atoms with Crippen molar-refractivity contribution in [3.63, 3.8) is 0 Å². The molecule has 4 aliphatic rings. The summed E-state index contributed by atoms with van der Waals surface area (Å²) in [6.07, 6.45) is 4.81. The number of rotatable bonds is 18. The number of piperazine rings is 2. The zero-order valence-corrected chi connectivity index (χ0v) is 80.8. The maximum atomic E-state index is 12.6. The molecule has 145 heavy (non-hydrogen) atoms. The van der Waals surface area contributed by atoms with Gasteiger partial charge in [-0.25, -0.2) is 25.0 Å². The minimum absolute atomic E-state index is 0.0581. The monoisotopic (exact) mass is 1940 g/mol. The molecule has 0 aliphatic carbocycles. The number of likely N-dealkylation sites (N-methyl/N-ethyl adjacent to an activating group) is 3. The number of ketones is 1. The van der Waals surface area contributed by atoms with Gasteiger partial charge in [-0.15, -0.1) is 10.2 Å². The molecule has 11 aromatic heterocycles. The lowest BCUT2D eigenvalue weighted by Crippen LogP contribution is -2.47. The minimum atomic E-state index is -0.224. The number of aryl methyl sites for hydroxylation is 3. The summed E-state index contributed by atoms with van der Waals surface area (Å²) in [7, 11) is 7.88. The Kier molecular flexibility index (Phi) is 29.8. The first-order valence-corrected chi connectivity index (χ1v) is 48.6. The van der Waals surface area contributed by atoms with E-state index in [0.717, 1.165) is 211 Å². The molecule has 0 atom stereocenters. The van der Waals surface area contributed by atoms with Gasteiger partial charge in [0, 0.05) is 163 Å². The van der Waals surface area contributed by atoms with Gasteiger partial charge in [0.05, 0.1) is 97.9 Å². The van der Waals surface area contributed by atoms with Crippen LogP contribution in [0.25, 0.3) is 126 Å². The van der Waals surface area contributed by atoms with E-state index in [9.17, 15) is 43.2 Å². The third kappa shape index (κ3) is 22.4. The number of nitrogens with zero attached hydrogens (tertiary/aromatic N) is 16. The first-order chi connectivity index (χ1) is 70.7. The lowest BCUT2D eigenvalue weighted by molar-refractivity contribution is -0.118. The molecule has 24 rings (SSSR count). The number of carbonyl (C=O) groups excluding carboxylic acids is 4. The van der Waals surface area contributed by atoms with Gasteiger partial charge in [0.15, 0.2) is 11.6 Å². The summed E-state index contributed by atoms with van der Waals surface area (Å²) in [5, 5.41) is 37.0. The summed E-state index contributed by atoms with van der Waals surface area (Å²) < 4.78 is 9.69. The molecule has 0 unspecified atom stereocenters. The van der Waals surface area contributed by atoms with Crippen LogP contribution < -0.4 is 48.6 Å². The van der Waals surface area contributed by atoms with Crippen molar-refractivity contribution < 1.29 is 23.9 Å². The number of tetrazole rings is 1. The van der Waals surface area contributed by atoms with E-state index in [-0.39, 0.29) is 57.8 Å². The van der Waals surface area contributed by atoms with Crippen LogP contribution in [0.15, 0.2) is 279 Å². The van der Waals surface area contributed by atoms with Gasteiger partial charge >= 0.3 is 0 Å². The molecule has 4 aliphatic heterocycles. The van der Waals surface area contributed by atoms with Crippen molar-refractivity contribution in [2.24, 2.45) is 0 Å². The summed E-state index contributed by atoms with van der Waals surface area (Å²) in [5.74, 6) is 3.56. The molecule has 3 amide bonds. The van der Waals surface area contributed by atoms with Crippen molar-refractivity contribution in [1.82, 2.24) is 109 Å². The summed E-state index contributed by atoms with van der Waals surface area (Å²) in [4.78, 5) is 153. The van der Waals surface area contributed by atoms with Gasteiger partial charge in [0.1, 0.15) is 28.9 Å². The number of imidazole rings is 1. The van der Waals surface area contributed by atoms with Crippen LogP contribution in [-0.4, -0.2) is 261 Å². The number of Topliss-reactive ketones (excluding diaryl/α,β-unsaturated/α-hetero) is 1. The number of pyridine rings is 6. The Balaban J connectivity index is 0.000000110. The summed E-state index contributed by atoms with van der Waals surface area (Å²) in [6, 6.07) is 79.9. The Labute approximate surface area is 829 Å². The molecular weight excluding hydrogens is 1830 g/mol. The van der Waals surface area contributed by atoms with Crippen LogP contribution in [0, 0.1) is 0 Å². The number of hydrogen-bond donors (Lipinski definition) is 9. The van der Waals surface area contributed by atoms with E-state index >= 15 is 0 Å². The Hall–Kier alpha value is -16.8. The standard InChI is InChI=1S/C22H24N4O3.C19H21N5O2.C19H18N2O.C17H12N6O.C17H18N4O.C16H16N4O2/c27-21(23-9-4-10-26-11-13-29-14-12-26)17-6-3-5-16(15-17)20-18-7-1-2-8-19(18)22(28)25-24-20;1-23-8-10-24(11-9-23)12-17(25)21-16-7-6-15-18(22-16)13-4-2-3-5-14(13)19(26)20-15;22-17-10-5-13-21-18(12-11-14-6-2-1-3-7-14)20-16-9-4-8-15(17)19(16)21;24-17-11-6-2-4-8-14(11)23-13-7-3-1-5-10(13)12(16(23)18-17)9-15-19-21-22-20-15;1-20-8-10-21(11-9-20)15-7-6-14-16(19-15)12-4-2-3-5-13(12)17(22)18-14;1-20(2)9-14(21)18-13-8-7-12-15(19-13)10-5-3-4-6-11(10)16(22)17-12/h1-3,5-8,15H,4,9-14H2,(H,23,27)(H,25,28);2-7H,8-12H2,1H3,(H,20,26)(H,21,22,25);1-4,6-9H,5,10-13H2;1-8H,9H2,(H,18,24)(H,19,20,21,22);2-7H,8-11H2,1H3,(H,18,22);3-8H,9H2,1-2H3,(H,17,22)(H,18,19,21). The van der Waals surface area contributed by atoms with E-state index in [1.165, 1.54) is 5.56 Å². The number of carbonyl (C=O) groups is 4. The Morgan fingerprint density at radius 1 is 0.469 bits per heavy atom. The maximum Gasteiger partial charge on any atom is 0.272 e. The number of ether oxygens (including phenoxy) is 1. The molecule has 734 valence electrons. The first kappa shape index (κ1) is 97.0. The smallest absolute Gasteiger partial charge is 0.272 e. The van der Waals surface area contributed by atoms with E-state index < -0.39 is 0 Å². The van der Waals surface area contributed by atoms with Gasteiger partial charge in [-0.1, -0.05) is 157 Å². The van der Waals surface area contributed by atoms with Gasteiger partial charge in [-0.3, -0.25) is 57.4 Å². The number of fused-ring (bicyclic) bond motifs is 15. The largest absolute Gasteiger partial charge is 0.379 e. The van der Waals surface area contributed by atoms with E-state index in [1.54, 1.807) is 53.4 Å². The average molecular weight is 1940 g/mol. The number of para-hydroxylation sites is 3. The Bertz CT molecular complexity index is 8510. The predicted octanol–water partition coefficient (Wildman–Crippen LogP) is 12.5. The van der Waals surface area contributed by atoms with Crippen LogP contribution in [0.2, 0.25) is 0 Å². The van der Waals surface area contributed by atoms with E-state index in [1.807, 2.05) is 196 Å². The lowest BCUT2D eigenvalue weighted by atomic mass is 10.0. The van der Waals surface area contributed by atoms with Gasteiger partial charge in [-0.2, -0.15) is 10.3 Å². The van der Waals surface area contributed by atoms with Crippen molar-refractivity contribution >= 4 is 156 Å². The number of amides is 3. The third-order valence-electron chi connectivity index (χ3n) is 26.4. The molecule has 9 aromatic carbocycles. The van der Waals surface area contributed by atoms with Crippen LogP contribution in [0.4, 0.5) is 17.5 Å². The molecule has 35 nitrogen and oxygen atoms in total. The molecular formula is C110H109N25O10. The maximum absolute atomic E-state index is 12.6. The lowest BCUT2D eigenvalue weighted by Gasteiger charge is -2.33. The van der Waals surface area contributed by atoms with Crippen LogP contribution in [-0.2, 0) is 40.1 Å². The Morgan fingerprint density at radius 3 is 1.62 bits per heavy atom. The van der Waals surface area contributed by atoms with Crippen molar-refractivity contribution in [3.05, 3.63) is 340 Å². The fourth-order valence-electron chi connectivity index (χ4n) is 18.9. The fourth-order valence-corrected chi connectivity index (χ4v) is 18.9. The van der Waals surface area contributed by atoms with Crippen molar-refractivity contribution in [2.75, 3.05) is 149 Å². The average Bonchev–Trinajstić information content (AvgIpc) is 1.57. The number of aromatic amines is 6. The summed E-state index contributed by atoms with van der Waals surface area (Å²) >= 11 is 0. The zero-order chi connectivity index (χ0) is 100.0. The van der Waals surface area contributed by atoms with E-state index in [2.05, 4.69) is 149 Å². The topological polar surface area (TPSA) is 426 Å². The second kappa shape index (κ2) is 44.5. The van der Waals surface area contributed by atoms with Gasteiger partial charge in [-0.05, 0) is 163 Å². The molecule has 15 heterocycles. The summed E-state index contributed by atoms with van der Waals surface area (Å²) in [5.41, 5.74) is 13.5. The number of hydrogen-bond acceptors (Lipinski definition) is 24. The minimum Gasteiger partial charge on any atom is -0.379 e. The highest BCUT2D eigenvalue weighted by atomic mass is 16.5. The molecule has 3 fully saturated rings. The van der Waals surface area contributed by atoms with Crippen LogP contribution in [0.3, 0.4) is 0 Å². The molecule has 0 spiro atoms. The molecule has 20 aromatic rings. The highest BCUT2D eigenvalue weighted by Crippen LogP contribution is 2.33. The Morgan fingerprint density at radius 2 is 1.01 bits per heavy atom. The van der Waals surface area contributed by atoms with Crippen molar-refractivity contribution in [1.29, 1.82) is 0 Å². The van der Waals surface area contributed by atoms with Crippen LogP contribution >= 0.6 is 0 Å². The second-order valence-corrected chi connectivity index (χ2v) is 36.6. The molecule has 3 saturated heterocycles. The van der Waals surface area contributed by atoms with Crippen LogP contribution in [0.5, 0.6) is 0 Å². The highest BCUT2D eigenvalue weighted by molar-refractivity contribution is 6.09. The number of anilines is 3. The van der Waals surface area contributed by atoms with E-state index in [4.69, 9.17) is 14.7 Å². The number of morpholine rings is 1. The molecule has 9 N–H and O–H groups in total. The van der Waals surface area contributed by atoms with Crippen molar-refractivity contribution in [3.8, 4) is 11.3 Å². The van der Waals surface area contributed by atoms with Gasteiger partial charge < -0.3 is 64.8 Å². The number of benzene rings is 9. The van der Waals surface area contributed by atoms with Crippen LogP contribution in [0.1, 0.15) is 62.8 Å². The molecule has 0 bridgehead atoms. The first-order valence-electron chi connectivity index (χ1n) is 48.6. The second-order valence-electron chi connectivity index (χ2n) is 36.6. The molecule has 0 saturated carbocycles. The van der Waals surface area contributed by atoms with Gasteiger partial charge in [0.25, 0.3) is 33.7 Å². The quantitative estimate of drug-likeness (QED) is 0.0284. The normalized spacial score (nSPS) is 14.2. The molecule has 35 heteroatoms. The van der Waals surface area contributed by atoms with E-state index in [0.29, 0.717) is 104 Å². The summed E-state index contributed by atoms with van der Waals surface area (Å²) in [6.45, 7) is 14.4. The third-order valence-corrected chi connectivity index (χ3v) is 26.4. The zero-order valence-electron chi connectivity index (χ0n) is 80.8. The highest BCUT2D eigenvalue weighted by Gasteiger charge is 2.26. The SMILES string of the molecule is CN(C)CC(=O)Nc1ccc2[nH]c(=O)c3ccccc3c2n1.CN1CCN(CC(=O)Nc2ccc3[nH]c(=O)c4ccccc4c3n2)CC1.CN1CCN(c2ccc3[nH]c(=O)c4ccccc4c3n2)CC1.O=C(NCCCN1CCOCC1)c1cccc(-c2n[nH]c(=O)c3ccccc23)c1.O=C1CCCn2c(CCc3ccccc3)nc3cccc1c32.O=c1[nH]c2c(Cc3nn[nH]n3)c3ccccc3n2c2ccccc12. The number of nitrogens with one attached hydrogen (secondary N) is 9.